The fourth-order valence-corrected chi connectivity index (χ4v) is 8.08. The molecule has 0 radical (unpaired) electrons. The number of nitrogens with zero attached hydrogens (tertiary/aromatic N) is 1. The number of thiophene rings is 1. The van der Waals surface area contributed by atoms with E-state index in [0.29, 0.717) is 0 Å². The van der Waals surface area contributed by atoms with Crippen molar-refractivity contribution in [3.63, 3.8) is 0 Å². The second-order valence-corrected chi connectivity index (χ2v) is 11.6. The smallest absolute Gasteiger partial charge is 0.159 e. The van der Waals surface area contributed by atoms with Crippen molar-refractivity contribution in [2.75, 3.05) is 0 Å². The van der Waals surface area contributed by atoms with Crippen molar-refractivity contribution in [3.05, 3.63) is 115 Å². The maximum absolute atomic E-state index is 6.51. The highest BCUT2D eigenvalue weighted by Crippen LogP contribution is 2.46. The Morgan fingerprint density at radius 3 is 2.25 bits per heavy atom. The van der Waals surface area contributed by atoms with Gasteiger partial charge < -0.3 is 14.0 Å². The van der Waals surface area contributed by atoms with Crippen LogP contribution in [0.2, 0.25) is 0 Å². The molecule has 0 amide bonds. The van der Waals surface area contributed by atoms with Gasteiger partial charge in [0.15, 0.2) is 5.58 Å². The highest BCUT2D eigenvalue weighted by Gasteiger charge is 2.23. The summed E-state index contributed by atoms with van der Waals surface area (Å²) < 4.78 is 11.7. The van der Waals surface area contributed by atoms with Gasteiger partial charge in [-0.15, -0.1) is 11.3 Å². The Hall–Kier alpha value is -5.06. The van der Waals surface area contributed by atoms with Gasteiger partial charge in [-0.25, -0.2) is 0 Å². The van der Waals surface area contributed by atoms with Crippen LogP contribution in [-0.4, -0.2) is 9.55 Å². The third-order valence-electron chi connectivity index (χ3n) is 8.52. The van der Waals surface area contributed by atoms with Crippen molar-refractivity contribution in [1.82, 2.24) is 9.55 Å². The van der Waals surface area contributed by atoms with Gasteiger partial charge in [0.25, 0.3) is 0 Å². The third kappa shape index (κ3) is 2.50. The number of benzene rings is 6. The molecule has 0 atom stereocenters. The average Bonchev–Trinajstić information content (AvgIpc) is 3.75. The van der Waals surface area contributed by atoms with Gasteiger partial charge in [0.05, 0.1) is 26.9 Å². The van der Waals surface area contributed by atoms with E-state index in [4.69, 9.17) is 4.42 Å². The molecule has 4 heterocycles. The molecule has 0 aliphatic heterocycles. The minimum atomic E-state index is 0.906. The first-order valence-electron chi connectivity index (χ1n) is 13.5. The number of H-pyrrole nitrogens is 1. The standard InChI is InChI=1S/C36H20N2OS/c1-5-13-27-25(12-1)32-29(19-26-21-10-3-7-15-30(21)39-35(26)33(32)37-27)38-28-14-6-2-9-20(28)23-17-18-24-22-11-4-8-16-31(22)40-36(24)34(23)38/h1-19,37H. The summed E-state index contributed by atoms with van der Waals surface area (Å²) in [5.74, 6) is 0. The summed E-state index contributed by atoms with van der Waals surface area (Å²) in [6, 6.07) is 41.5. The normalized spacial score (nSPS) is 12.5. The second-order valence-electron chi connectivity index (χ2n) is 10.6. The molecule has 0 bridgehead atoms. The van der Waals surface area contributed by atoms with Crippen molar-refractivity contribution in [2.45, 2.75) is 0 Å². The van der Waals surface area contributed by atoms with Crippen LogP contribution < -0.4 is 0 Å². The Bertz CT molecular complexity index is 2660. The van der Waals surface area contributed by atoms with Crippen LogP contribution in [0.1, 0.15) is 0 Å². The first-order valence-corrected chi connectivity index (χ1v) is 14.4. The summed E-state index contributed by atoms with van der Waals surface area (Å²) in [6.07, 6.45) is 0. The number of rotatable bonds is 1. The van der Waals surface area contributed by atoms with Gasteiger partial charge in [0.2, 0.25) is 0 Å². The number of hydrogen-bond donors (Lipinski definition) is 1. The third-order valence-corrected chi connectivity index (χ3v) is 9.72. The molecule has 0 fully saturated rings. The molecular weight excluding hydrogens is 508 g/mol. The van der Waals surface area contributed by atoms with E-state index < -0.39 is 0 Å². The number of fused-ring (bicyclic) bond motifs is 14. The Morgan fingerprint density at radius 2 is 1.32 bits per heavy atom. The molecule has 4 heteroatoms. The zero-order chi connectivity index (χ0) is 25.9. The summed E-state index contributed by atoms with van der Waals surface area (Å²) in [4.78, 5) is 3.73. The van der Waals surface area contributed by atoms with E-state index in [1.54, 1.807) is 0 Å². The van der Waals surface area contributed by atoms with Crippen molar-refractivity contribution in [2.24, 2.45) is 0 Å². The van der Waals surface area contributed by atoms with E-state index in [2.05, 4.69) is 119 Å². The lowest BCUT2D eigenvalue weighted by atomic mass is 10.1. The molecule has 0 aliphatic carbocycles. The molecule has 1 N–H and O–H groups in total. The van der Waals surface area contributed by atoms with Gasteiger partial charge in [-0.3, -0.25) is 0 Å². The Kier molecular flexibility index (Phi) is 3.81. The van der Waals surface area contributed by atoms with Gasteiger partial charge in [0, 0.05) is 53.3 Å². The van der Waals surface area contributed by atoms with Crippen LogP contribution in [0.4, 0.5) is 0 Å². The number of furan rings is 1. The SMILES string of the molecule is c1ccc2c(c1)[nH]c1c3oc4ccccc4c3cc(-n3c4ccccc4c4ccc5c6ccccc6sc5c43)c21. The van der Waals surface area contributed by atoms with Crippen molar-refractivity contribution >= 4 is 97.1 Å². The Balaban J connectivity index is 1.51. The number of para-hydroxylation sites is 3. The van der Waals surface area contributed by atoms with Crippen LogP contribution in [0.25, 0.3) is 91.4 Å². The molecule has 0 spiro atoms. The van der Waals surface area contributed by atoms with E-state index in [0.717, 1.165) is 33.0 Å². The molecule has 4 aromatic heterocycles. The fourth-order valence-electron chi connectivity index (χ4n) is 6.84. The summed E-state index contributed by atoms with van der Waals surface area (Å²) in [5, 5.41) is 9.80. The van der Waals surface area contributed by atoms with Gasteiger partial charge >= 0.3 is 0 Å². The first kappa shape index (κ1) is 20.8. The predicted octanol–water partition coefficient (Wildman–Crippen LogP) is 10.7. The number of hydrogen-bond acceptors (Lipinski definition) is 2. The van der Waals surface area contributed by atoms with Crippen molar-refractivity contribution in [1.29, 1.82) is 0 Å². The number of aromatic amines is 1. The number of nitrogens with one attached hydrogen (secondary N) is 1. The van der Waals surface area contributed by atoms with Gasteiger partial charge in [-0.1, -0.05) is 84.9 Å². The maximum atomic E-state index is 6.51. The largest absolute Gasteiger partial charge is 0.454 e. The minimum absolute atomic E-state index is 0.906. The Morgan fingerprint density at radius 1 is 0.600 bits per heavy atom. The monoisotopic (exact) mass is 528 g/mol. The van der Waals surface area contributed by atoms with Gasteiger partial charge in [-0.2, -0.15) is 0 Å². The van der Waals surface area contributed by atoms with Crippen molar-refractivity contribution < 1.29 is 4.42 Å². The summed E-state index contributed by atoms with van der Waals surface area (Å²) in [5.41, 5.74) is 7.61. The molecule has 0 aliphatic rings. The molecule has 0 saturated heterocycles. The van der Waals surface area contributed by atoms with Crippen molar-refractivity contribution in [3.8, 4) is 5.69 Å². The van der Waals surface area contributed by atoms with Gasteiger partial charge in [-0.05, 0) is 30.3 Å². The highest BCUT2D eigenvalue weighted by atomic mass is 32.1. The summed E-state index contributed by atoms with van der Waals surface area (Å²) in [7, 11) is 0. The topological polar surface area (TPSA) is 33.9 Å². The lowest BCUT2D eigenvalue weighted by Gasteiger charge is -2.11. The van der Waals surface area contributed by atoms with Gasteiger partial charge in [0.1, 0.15) is 5.58 Å². The van der Waals surface area contributed by atoms with E-state index >= 15 is 0 Å². The van der Waals surface area contributed by atoms with Crippen LogP contribution in [-0.2, 0) is 0 Å². The Labute approximate surface area is 231 Å². The zero-order valence-corrected chi connectivity index (χ0v) is 22.0. The van der Waals surface area contributed by atoms with Crippen LogP contribution in [0.15, 0.2) is 120 Å². The predicted molar refractivity (Wildman–Crippen MR) is 170 cm³/mol. The number of aromatic nitrogens is 2. The molecule has 40 heavy (non-hydrogen) atoms. The molecule has 10 aromatic rings. The summed E-state index contributed by atoms with van der Waals surface area (Å²) in [6.45, 7) is 0. The van der Waals surface area contributed by atoms with Crippen LogP contribution in [0, 0.1) is 0 Å². The quantitative estimate of drug-likeness (QED) is 0.226. The maximum Gasteiger partial charge on any atom is 0.159 e. The minimum Gasteiger partial charge on any atom is -0.454 e. The zero-order valence-electron chi connectivity index (χ0n) is 21.2. The molecule has 0 saturated carbocycles. The molecule has 186 valence electrons. The second kappa shape index (κ2) is 7.32. The molecule has 10 rings (SSSR count). The van der Waals surface area contributed by atoms with E-state index in [1.807, 2.05) is 17.4 Å². The van der Waals surface area contributed by atoms with E-state index in [-0.39, 0.29) is 0 Å². The molecule has 6 aromatic carbocycles. The fraction of sp³-hybridized carbons (Fsp3) is 0. The molecule has 0 unspecified atom stereocenters. The highest BCUT2D eigenvalue weighted by molar-refractivity contribution is 7.26. The van der Waals surface area contributed by atoms with E-state index in [9.17, 15) is 0 Å². The summed E-state index contributed by atoms with van der Waals surface area (Å²) >= 11 is 1.89. The molecular formula is C36H20N2OS. The van der Waals surface area contributed by atoms with Crippen LogP contribution in [0.5, 0.6) is 0 Å². The lowest BCUT2D eigenvalue weighted by molar-refractivity contribution is 0.672. The van der Waals surface area contributed by atoms with Crippen LogP contribution in [0.3, 0.4) is 0 Å². The van der Waals surface area contributed by atoms with Crippen LogP contribution >= 0.6 is 11.3 Å². The first-order chi connectivity index (χ1) is 19.8. The lowest BCUT2D eigenvalue weighted by Crippen LogP contribution is -1.95. The van der Waals surface area contributed by atoms with E-state index in [1.165, 1.54) is 58.4 Å². The average molecular weight is 529 g/mol. The molecule has 3 nitrogen and oxygen atoms in total.